The molecule has 1 amide bonds. The fourth-order valence-electron chi connectivity index (χ4n) is 2.66. The van der Waals surface area contributed by atoms with E-state index in [2.05, 4.69) is 31.3 Å². The van der Waals surface area contributed by atoms with Crippen LogP contribution in [-0.4, -0.2) is 5.91 Å². The summed E-state index contributed by atoms with van der Waals surface area (Å²) in [7, 11) is 0. The lowest BCUT2D eigenvalue weighted by molar-refractivity contribution is -0.116. The lowest BCUT2D eigenvalue weighted by Gasteiger charge is -2.07. The third-order valence-corrected chi connectivity index (χ3v) is 4.39. The second-order valence-electron chi connectivity index (χ2n) is 6.48. The SMILES string of the molecule is Cc1ccc(-c2ccc(CCC(=O)Nc3ccc(C)c(C)c3)o2)cc1. The van der Waals surface area contributed by atoms with E-state index >= 15 is 0 Å². The van der Waals surface area contributed by atoms with Crippen LogP contribution in [0.5, 0.6) is 0 Å². The van der Waals surface area contributed by atoms with Crippen LogP contribution >= 0.6 is 0 Å². The maximum atomic E-state index is 12.1. The highest BCUT2D eigenvalue weighted by atomic mass is 16.3. The third-order valence-electron chi connectivity index (χ3n) is 4.39. The Labute approximate surface area is 148 Å². The molecule has 1 N–H and O–H groups in total. The molecule has 0 spiro atoms. The van der Waals surface area contributed by atoms with Gasteiger partial charge in [-0.2, -0.15) is 0 Å². The Balaban J connectivity index is 1.57. The quantitative estimate of drug-likeness (QED) is 0.675. The molecular weight excluding hydrogens is 310 g/mol. The minimum absolute atomic E-state index is 0.00320. The van der Waals surface area contributed by atoms with Crippen molar-refractivity contribution in [2.75, 3.05) is 5.32 Å². The Kier molecular flexibility index (Phi) is 5.03. The van der Waals surface area contributed by atoms with Crippen molar-refractivity contribution < 1.29 is 9.21 Å². The Morgan fingerprint density at radius 1 is 0.920 bits per heavy atom. The van der Waals surface area contributed by atoms with Gasteiger partial charge in [-0.05, 0) is 56.2 Å². The summed E-state index contributed by atoms with van der Waals surface area (Å²) in [5, 5.41) is 2.94. The minimum atomic E-state index is -0.00320. The molecule has 0 bridgehead atoms. The van der Waals surface area contributed by atoms with Crippen molar-refractivity contribution in [3.63, 3.8) is 0 Å². The second-order valence-corrected chi connectivity index (χ2v) is 6.48. The van der Waals surface area contributed by atoms with Crippen molar-refractivity contribution in [3.8, 4) is 11.3 Å². The van der Waals surface area contributed by atoms with Crippen LogP contribution in [0.2, 0.25) is 0 Å². The summed E-state index contributed by atoms with van der Waals surface area (Å²) in [5.41, 5.74) is 5.51. The Hall–Kier alpha value is -2.81. The number of hydrogen-bond donors (Lipinski definition) is 1. The number of benzene rings is 2. The van der Waals surface area contributed by atoms with E-state index in [1.807, 2.05) is 49.4 Å². The number of carbonyl (C=O) groups excluding carboxylic acids is 1. The van der Waals surface area contributed by atoms with Crippen molar-refractivity contribution in [1.29, 1.82) is 0 Å². The van der Waals surface area contributed by atoms with Gasteiger partial charge < -0.3 is 9.73 Å². The molecule has 1 heterocycles. The van der Waals surface area contributed by atoms with Gasteiger partial charge in [0.25, 0.3) is 0 Å². The zero-order chi connectivity index (χ0) is 17.8. The van der Waals surface area contributed by atoms with E-state index < -0.39 is 0 Å². The molecule has 0 radical (unpaired) electrons. The first-order chi connectivity index (χ1) is 12.0. The van der Waals surface area contributed by atoms with Gasteiger partial charge in [-0.25, -0.2) is 0 Å². The van der Waals surface area contributed by atoms with Crippen LogP contribution in [-0.2, 0) is 11.2 Å². The summed E-state index contributed by atoms with van der Waals surface area (Å²) < 4.78 is 5.87. The highest BCUT2D eigenvalue weighted by Crippen LogP contribution is 2.23. The predicted octanol–water partition coefficient (Wildman–Crippen LogP) is 5.44. The van der Waals surface area contributed by atoms with Gasteiger partial charge >= 0.3 is 0 Å². The van der Waals surface area contributed by atoms with Crippen LogP contribution in [0.3, 0.4) is 0 Å². The Morgan fingerprint density at radius 3 is 2.40 bits per heavy atom. The molecular formula is C22H23NO2. The molecule has 1 aromatic heterocycles. The van der Waals surface area contributed by atoms with Crippen molar-refractivity contribution in [2.45, 2.75) is 33.6 Å². The van der Waals surface area contributed by atoms with E-state index in [4.69, 9.17) is 4.42 Å². The molecule has 2 aromatic carbocycles. The van der Waals surface area contributed by atoms with Crippen molar-refractivity contribution in [1.82, 2.24) is 0 Å². The van der Waals surface area contributed by atoms with Crippen LogP contribution < -0.4 is 5.32 Å². The third kappa shape index (κ3) is 4.38. The molecule has 0 saturated heterocycles. The smallest absolute Gasteiger partial charge is 0.224 e. The first kappa shape index (κ1) is 17.0. The van der Waals surface area contributed by atoms with Gasteiger partial charge in [0.05, 0.1) is 0 Å². The van der Waals surface area contributed by atoms with E-state index in [-0.39, 0.29) is 5.91 Å². The molecule has 3 nitrogen and oxygen atoms in total. The maximum absolute atomic E-state index is 12.1. The molecule has 3 aromatic rings. The number of carbonyl (C=O) groups is 1. The van der Waals surface area contributed by atoms with E-state index in [1.165, 1.54) is 16.7 Å². The molecule has 0 aliphatic carbocycles. The van der Waals surface area contributed by atoms with Gasteiger partial charge in [0.2, 0.25) is 5.91 Å². The summed E-state index contributed by atoms with van der Waals surface area (Å²) in [4.78, 5) is 12.1. The summed E-state index contributed by atoms with van der Waals surface area (Å²) in [5.74, 6) is 1.66. The summed E-state index contributed by atoms with van der Waals surface area (Å²) in [6.45, 7) is 6.16. The topological polar surface area (TPSA) is 42.2 Å². The normalized spacial score (nSPS) is 10.7. The number of amides is 1. The monoisotopic (exact) mass is 333 g/mol. The summed E-state index contributed by atoms with van der Waals surface area (Å²) in [6.07, 6.45) is 0.982. The molecule has 25 heavy (non-hydrogen) atoms. The van der Waals surface area contributed by atoms with Crippen LogP contribution in [0.15, 0.2) is 59.0 Å². The average Bonchev–Trinajstić information content (AvgIpc) is 3.06. The van der Waals surface area contributed by atoms with Crippen molar-refractivity contribution in [3.05, 3.63) is 77.0 Å². The van der Waals surface area contributed by atoms with Crippen LogP contribution in [0.4, 0.5) is 5.69 Å². The largest absolute Gasteiger partial charge is 0.461 e. The van der Waals surface area contributed by atoms with Gasteiger partial charge in [-0.3, -0.25) is 4.79 Å². The van der Waals surface area contributed by atoms with Gasteiger partial charge in [0.15, 0.2) is 0 Å². The molecule has 0 aliphatic heterocycles. The van der Waals surface area contributed by atoms with E-state index in [1.54, 1.807) is 0 Å². The lowest BCUT2D eigenvalue weighted by atomic mass is 10.1. The van der Waals surface area contributed by atoms with Crippen LogP contribution in [0.1, 0.15) is 28.9 Å². The Morgan fingerprint density at radius 2 is 1.68 bits per heavy atom. The average molecular weight is 333 g/mol. The number of rotatable bonds is 5. The number of aryl methyl sites for hydroxylation is 4. The van der Waals surface area contributed by atoms with E-state index in [0.29, 0.717) is 12.8 Å². The number of hydrogen-bond acceptors (Lipinski definition) is 2. The zero-order valence-corrected chi connectivity index (χ0v) is 14.9. The maximum Gasteiger partial charge on any atom is 0.224 e. The number of anilines is 1. The van der Waals surface area contributed by atoms with Gasteiger partial charge in [0, 0.05) is 24.1 Å². The van der Waals surface area contributed by atoms with Crippen molar-refractivity contribution >= 4 is 11.6 Å². The van der Waals surface area contributed by atoms with Gasteiger partial charge in [0.1, 0.15) is 11.5 Å². The number of furan rings is 1. The molecule has 0 aliphatic rings. The zero-order valence-electron chi connectivity index (χ0n) is 14.9. The lowest BCUT2D eigenvalue weighted by Crippen LogP contribution is -2.12. The molecule has 3 rings (SSSR count). The van der Waals surface area contributed by atoms with Gasteiger partial charge in [-0.1, -0.05) is 35.9 Å². The van der Waals surface area contributed by atoms with E-state index in [9.17, 15) is 4.79 Å². The minimum Gasteiger partial charge on any atom is -0.461 e. The Bertz CT molecular complexity index is 875. The summed E-state index contributed by atoms with van der Waals surface area (Å²) in [6, 6.07) is 18.1. The fraction of sp³-hybridized carbons (Fsp3) is 0.227. The van der Waals surface area contributed by atoms with E-state index in [0.717, 1.165) is 22.8 Å². The fourth-order valence-corrected chi connectivity index (χ4v) is 2.66. The standard InChI is InChI=1S/C22H23NO2/c1-15-4-7-18(8-5-15)21-12-10-20(25-21)11-13-22(24)23-19-9-6-16(2)17(3)14-19/h4-10,12,14H,11,13H2,1-3H3,(H,23,24). The highest BCUT2D eigenvalue weighted by molar-refractivity contribution is 5.90. The summed E-state index contributed by atoms with van der Waals surface area (Å²) >= 11 is 0. The first-order valence-corrected chi connectivity index (χ1v) is 8.54. The molecule has 0 saturated carbocycles. The predicted molar refractivity (Wildman–Crippen MR) is 102 cm³/mol. The first-order valence-electron chi connectivity index (χ1n) is 8.54. The molecule has 0 fully saturated rings. The highest BCUT2D eigenvalue weighted by Gasteiger charge is 2.08. The van der Waals surface area contributed by atoms with Crippen molar-refractivity contribution in [2.24, 2.45) is 0 Å². The number of nitrogens with one attached hydrogen (secondary N) is 1. The molecule has 3 heteroatoms. The van der Waals surface area contributed by atoms with Crippen LogP contribution in [0.25, 0.3) is 11.3 Å². The second kappa shape index (κ2) is 7.39. The molecule has 0 unspecified atom stereocenters. The molecule has 128 valence electrons. The van der Waals surface area contributed by atoms with Crippen LogP contribution in [0, 0.1) is 20.8 Å². The molecule has 0 atom stereocenters. The van der Waals surface area contributed by atoms with Gasteiger partial charge in [-0.15, -0.1) is 0 Å².